The molecule has 0 atom stereocenters. The van der Waals surface area contributed by atoms with Crippen molar-refractivity contribution in [1.82, 2.24) is 5.32 Å². The SMILES string of the molecule is CCOc1cc(CCCNC(=O)c2cc(N)ccc2C)ccc1OC. The summed E-state index contributed by atoms with van der Waals surface area (Å²) in [6.45, 7) is 5.04. The molecule has 0 aliphatic carbocycles. The van der Waals surface area contributed by atoms with E-state index in [4.69, 9.17) is 15.2 Å². The zero-order chi connectivity index (χ0) is 18.2. The number of hydrogen-bond acceptors (Lipinski definition) is 4. The standard InChI is InChI=1S/C20H26N2O3/c1-4-25-19-12-15(8-10-18(19)24-3)6-5-11-22-20(23)17-13-16(21)9-7-14(17)2/h7-10,12-13H,4-6,11,21H2,1-3H3,(H,22,23). The van der Waals surface area contributed by atoms with Crippen LogP contribution in [0.3, 0.4) is 0 Å². The first-order chi connectivity index (χ1) is 12.0. The molecule has 0 fully saturated rings. The lowest BCUT2D eigenvalue weighted by Crippen LogP contribution is -2.25. The molecule has 0 radical (unpaired) electrons. The van der Waals surface area contributed by atoms with Crippen LogP contribution in [0.5, 0.6) is 11.5 Å². The van der Waals surface area contributed by atoms with Crippen LogP contribution in [-0.4, -0.2) is 26.2 Å². The molecular formula is C20H26N2O3. The number of hydrogen-bond donors (Lipinski definition) is 2. The van der Waals surface area contributed by atoms with Gasteiger partial charge in [-0.2, -0.15) is 0 Å². The number of nitrogen functional groups attached to an aromatic ring is 1. The van der Waals surface area contributed by atoms with Gasteiger partial charge in [0.2, 0.25) is 0 Å². The lowest BCUT2D eigenvalue weighted by Gasteiger charge is -2.11. The fourth-order valence-corrected chi connectivity index (χ4v) is 2.62. The first-order valence-corrected chi connectivity index (χ1v) is 8.49. The second-order valence-corrected chi connectivity index (χ2v) is 5.85. The second-order valence-electron chi connectivity index (χ2n) is 5.85. The molecule has 2 aromatic carbocycles. The average Bonchev–Trinajstić information content (AvgIpc) is 2.61. The van der Waals surface area contributed by atoms with Crippen molar-refractivity contribution in [2.24, 2.45) is 0 Å². The van der Waals surface area contributed by atoms with Crippen LogP contribution in [0.1, 0.15) is 34.8 Å². The first kappa shape index (κ1) is 18.6. The summed E-state index contributed by atoms with van der Waals surface area (Å²) in [5, 5.41) is 2.95. The van der Waals surface area contributed by atoms with Crippen LogP contribution < -0.4 is 20.5 Å². The Balaban J connectivity index is 1.87. The second kappa shape index (κ2) is 8.97. The molecule has 1 amide bonds. The van der Waals surface area contributed by atoms with Gasteiger partial charge >= 0.3 is 0 Å². The normalized spacial score (nSPS) is 10.4. The van der Waals surface area contributed by atoms with E-state index in [-0.39, 0.29) is 5.91 Å². The average molecular weight is 342 g/mol. The van der Waals surface area contributed by atoms with Crippen LogP contribution in [0.25, 0.3) is 0 Å². The van der Waals surface area contributed by atoms with E-state index in [0.717, 1.165) is 35.5 Å². The summed E-state index contributed by atoms with van der Waals surface area (Å²) in [4.78, 5) is 12.2. The number of carbonyl (C=O) groups is 1. The van der Waals surface area contributed by atoms with E-state index in [9.17, 15) is 4.79 Å². The summed E-state index contributed by atoms with van der Waals surface area (Å²) in [5.74, 6) is 1.40. The summed E-state index contributed by atoms with van der Waals surface area (Å²) >= 11 is 0. The third-order valence-electron chi connectivity index (χ3n) is 3.96. The summed E-state index contributed by atoms with van der Waals surface area (Å²) in [7, 11) is 1.63. The molecule has 0 saturated heterocycles. The van der Waals surface area contributed by atoms with Crippen molar-refractivity contribution in [3.8, 4) is 11.5 Å². The monoisotopic (exact) mass is 342 g/mol. The predicted octanol–water partition coefficient (Wildman–Crippen LogP) is 3.35. The molecule has 5 nitrogen and oxygen atoms in total. The van der Waals surface area contributed by atoms with Gasteiger partial charge in [-0.3, -0.25) is 4.79 Å². The van der Waals surface area contributed by atoms with Crippen LogP contribution in [0.4, 0.5) is 5.69 Å². The summed E-state index contributed by atoms with van der Waals surface area (Å²) < 4.78 is 10.9. The Bertz CT molecular complexity index is 729. The number of aryl methyl sites for hydroxylation is 2. The van der Waals surface area contributed by atoms with E-state index < -0.39 is 0 Å². The molecule has 0 heterocycles. The molecule has 2 rings (SSSR count). The molecule has 0 aliphatic heterocycles. The number of anilines is 1. The number of rotatable bonds is 8. The first-order valence-electron chi connectivity index (χ1n) is 8.49. The number of benzene rings is 2. The molecule has 0 unspecified atom stereocenters. The van der Waals surface area contributed by atoms with Gasteiger partial charge in [0.05, 0.1) is 13.7 Å². The van der Waals surface area contributed by atoms with E-state index >= 15 is 0 Å². The molecular weight excluding hydrogens is 316 g/mol. The molecule has 2 aromatic rings. The molecule has 134 valence electrons. The molecule has 0 saturated carbocycles. The maximum absolute atomic E-state index is 12.2. The highest BCUT2D eigenvalue weighted by Crippen LogP contribution is 2.28. The Kier molecular flexibility index (Phi) is 6.69. The fraction of sp³-hybridized carbons (Fsp3) is 0.350. The van der Waals surface area contributed by atoms with Crippen molar-refractivity contribution in [3.05, 3.63) is 53.1 Å². The minimum absolute atomic E-state index is 0.0884. The van der Waals surface area contributed by atoms with Crippen LogP contribution in [-0.2, 0) is 6.42 Å². The van der Waals surface area contributed by atoms with E-state index in [0.29, 0.717) is 24.4 Å². The highest BCUT2D eigenvalue weighted by atomic mass is 16.5. The maximum atomic E-state index is 12.2. The third-order valence-corrected chi connectivity index (χ3v) is 3.96. The Morgan fingerprint density at radius 2 is 1.96 bits per heavy atom. The number of methoxy groups -OCH3 is 1. The van der Waals surface area contributed by atoms with E-state index in [1.54, 1.807) is 19.2 Å². The van der Waals surface area contributed by atoms with Crippen molar-refractivity contribution in [1.29, 1.82) is 0 Å². The zero-order valence-corrected chi connectivity index (χ0v) is 15.1. The van der Waals surface area contributed by atoms with Gasteiger partial charge in [0, 0.05) is 17.8 Å². The summed E-state index contributed by atoms with van der Waals surface area (Å²) in [6.07, 6.45) is 1.69. The van der Waals surface area contributed by atoms with Crippen LogP contribution in [0.15, 0.2) is 36.4 Å². The minimum Gasteiger partial charge on any atom is -0.493 e. The number of ether oxygens (including phenoxy) is 2. The molecule has 5 heteroatoms. The lowest BCUT2D eigenvalue weighted by molar-refractivity contribution is 0.0952. The molecule has 25 heavy (non-hydrogen) atoms. The van der Waals surface area contributed by atoms with Gasteiger partial charge in [0.1, 0.15) is 0 Å². The number of amides is 1. The Hall–Kier alpha value is -2.69. The van der Waals surface area contributed by atoms with Gasteiger partial charge in [-0.1, -0.05) is 12.1 Å². The summed E-state index contributed by atoms with van der Waals surface area (Å²) in [6, 6.07) is 11.3. The Labute approximate surface area is 149 Å². The van der Waals surface area contributed by atoms with Gasteiger partial charge in [0.25, 0.3) is 5.91 Å². The van der Waals surface area contributed by atoms with Crippen molar-refractivity contribution in [3.63, 3.8) is 0 Å². The smallest absolute Gasteiger partial charge is 0.251 e. The molecule has 0 bridgehead atoms. The zero-order valence-electron chi connectivity index (χ0n) is 15.1. The summed E-state index contributed by atoms with van der Waals surface area (Å²) in [5.41, 5.74) is 9.05. The number of nitrogens with two attached hydrogens (primary N) is 1. The van der Waals surface area contributed by atoms with Gasteiger partial charge < -0.3 is 20.5 Å². The fourth-order valence-electron chi connectivity index (χ4n) is 2.62. The molecule has 0 aliphatic rings. The number of carbonyl (C=O) groups excluding carboxylic acids is 1. The van der Waals surface area contributed by atoms with Crippen LogP contribution in [0.2, 0.25) is 0 Å². The van der Waals surface area contributed by atoms with Gasteiger partial charge in [-0.25, -0.2) is 0 Å². The van der Waals surface area contributed by atoms with Crippen molar-refractivity contribution in [2.45, 2.75) is 26.7 Å². The quantitative estimate of drug-likeness (QED) is 0.570. The van der Waals surface area contributed by atoms with Gasteiger partial charge in [-0.05, 0) is 62.1 Å². The van der Waals surface area contributed by atoms with Crippen molar-refractivity contribution in [2.75, 3.05) is 26.0 Å². The molecule has 3 N–H and O–H groups in total. The maximum Gasteiger partial charge on any atom is 0.251 e. The van der Waals surface area contributed by atoms with E-state index in [1.165, 1.54) is 0 Å². The Morgan fingerprint density at radius 3 is 2.68 bits per heavy atom. The topological polar surface area (TPSA) is 73.6 Å². The lowest BCUT2D eigenvalue weighted by atomic mass is 10.1. The van der Waals surface area contributed by atoms with E-state index in [1.807, 2.05) is 38.1 Å². The van der Waals surface area contributed by atoms with Gasteiger partial charge in [-0.15, -0.1) is 0 Å². The molecule has 0 spiro atoms. The largest absolute Gasteiger partial charge is 0.493 e. The number of nitrogens with one attached hydrogen (secondary N) is 1. The van der Waals surface area contributed by atoms with Gasteiger partial charge in [0.15, 0.2) is 11.5 Å². The third kappa shape index (κ3) is 5.14. The van der Waals surface area contributed by atoms with Crippen LogP contribution in [0, 0.1) is 6.92 Å². The van der Waals surface area contributed by atoms with Crippen molar-refractivity contribution < 1.29 is 14.3 Å². The van der Waals surface area contributed by atoms with Crippen molar-refractivity contribution >= 4 is 11.6 Å². The van der Waals surface area contributed by atoms with E-state index in [2.05, 4.69) is 5.32 Å². The minimum atomic E-state index is -0.0884. The molecule has 0 aromatic heterocycles. The predicted molar refractivity (Wildman–Crippen MR) is 100 cm³/mol. The highest BCUT2D eigenvalue weighted by Gasteiger charge is 2.09. The van der Waals surface area contributed by atoms with Crippen LogP contribution >= 0.6 is 0 Å². The highest BCUT2D eigenvalue weighted by molar-refractivity contribution is 5.96. The Morgan fingerprint density at radius 1 is 1.16 bits per heavy atom.